The number of rotatable bonds is 2. The third-order valence-corrected chi connectivity index (χ3v) is 7.19. The lowest BCUT2D eigenvalue weighted by atomic mass is 9.79. The SMILES string of the molecule is [c]1cccc(C2c3ccccc3-c3ccccc32)c1C1c2ccccc2-c2ccccc21. The maximum atomic E-state index is 3.70. The summed E-state index contributed by atoms with van der Waals surface area (Å²) in [5.41, 5.74) is 13.6. The molecule has 0 bridgehead atoms. The molecule has 2 aliphatic carbocycles. The van der Waals surface area contributed by atoms with Gasteiger partial charge in [-0.05, 0) is 61.7 Å². The minimum Gasteiger partial charge on any atom is -0.0619 e. The van der Waals surface area contributed by atoms with E-state index in [0.717, 1.165) is 0 Å². The lowest BCUT2D eigenvalue weighted by Gasteiger charge is -2.23. The van der Waals surface area contributed by atoms with Gasteiger partial charge in [0.1, 0.15) is 0 Å². The highest BCUT2D eigenvalue weighted by Crippen LogP contribution is 2.53. The van der Waals surface area contributed by atoms with Gasteiger partial charge in [0, 0.05) is 11.8 Å². The predicted octanol–water partition coefficient (Wildman–Crippen LogP) is 7.81. The smallest absolute Gasteiger partial charge is 0.0361 e. The first-order valence-electron chi connectivity index (χ1n) is 11.3. The predicted molar refractivity (Wildman–Crippen MR) is 131 cm³/mol. The van der Waals surface area contributed by atoms with E-state index >= 15 is 0 Å². The second kappa shape index (κ2) is 6.80. The molecule has 0 atom stereocenters. The van der Waals surface area contributed by atoms with Gasteiger partial charge in [0.25, 0.3) is 0 Å². The molecule has 5 aromatic rings. The highest BCUT2D eigenvalue weighted by Gasteiger charge is 2.35. The van der Waals surface area contributed by atoms with Crippen LogP contribution in [0.15, 0.2) is 115 Å². The van der Waals surface area contributed by atoms with Crippen molar-refractivity contribution in [3.8, 4) is 22.3 Å². The maximum Gasteiger partial charge on any atom is 0.0361 e. The number of fused-ring (bicyclic) bond motifs is 6. The Morgan fingerprint density at radius 3 is 1.22 bits per heavy atom. The topological polar surface area (TPSA) is 0 Å². The molecule has 2 aliphatic rings. The van der Waals surface area contributed by atoms with Crippen LogP contribution in [0.5, 0.6) is 0 Å². The summed E-state index contributed by atoms with van der Waals surface area (Å²) in [4.78, 5) is 0. The summed E-state index contributed by atoms with van der Waals surface area (Å²) >= 11 is 0. The van der Waals surface area contributed by atoms with Crippen molar-refractivity contribution in [3.05, 3.63) is 155 Å². The Morgan fingerprint density at radius 1 is 0.375 bits per heavy atom. The van der Waals surface area contributed by atoms with Gasteiger partial charge < -0.3 is 0 Å². The van der Waals surface area contributed by atoms with Crippen molar-refractivity contribution in [1.29, 1.82) is 0 Å². The standard InChI is InChI=1S/C32H21/c1-5-15-25-21(11-1)22-12-2-6-16-26(22)31(25)29-19-9-10-20-30(29)32-27-17-7-3-13-23(27)24-14-4-8-18-28(24)32/h1-19,31-32H. The van der Waals surface area contributed by atoms with E-state index < -0.39 is 0 Å². The van der Waals surface area contributed by atoms with Crippen LogP contribution in [0.4, 0.5) is 0 Å². The van der Waals surface area contributed by atoms with Crippen LogP contribution in [-0.4, -0.2) is 0 Å². The molecule has 0 aliphatic heterocycles. The first kappa shape index (κ1) is 17.7. The van der Waals surface area contributed by atoms with Gasteiger partial charge in [-0.15, -0.1) is 0 Å². The first-order chi connectivity index (χ1) is 15.9. The summed E-state index contributed by atoms with van der Waals surface area (Å²) in [5.74, 6) is 0.438. The molecule has 0 N–H and O–H groups in total. The van der Waals surface area contributed by atoms with Gasteiger partial charge in [0.2, 0.25) is 0 Å². The zero-order chi connectivity index (χ0) is 21.1. The Balaban J connectivity index is 1.50. The largest absolute Gasteiger partial charge is 0.0619 e. The van der Waals surface area contributed by atoms with Crippen molar-refractivity contribution in [3.63, 3.8) is 0 Å². The van der Waals surface area contributed by atoms with E-state index in [9.17, 15) is 0 Å². The van der Waals surface area contributed by atoms with Crippen LogP contribution in [0.1, 0.15) is 45.2 Å². The molecule has 0 saturated heterocycles. The summed E-state index contributed by atoms with van der Waals surface area (Å²) in [6, 6.07) is 45.8. The van der Waals surface area contributed by atoms with E-state index in [2.05, 4.69) is 121 Å². The number of benzene rings is 5. The van der Waals surface area contributed by atoms with Crippen LogP contribution in [0, 0.1) is 6.07 Å². The van der Waals surface area contributed by atoms with Gasteiger partial charge in [0.05, 0.1) is 0 Å². The molecule has 32 heavy (non-hydrogen) atoms. The third-order valence-electron chi connectivity index (χ3n) is 7.19. The minimum absolute atomic E-state index is 0.207. The molecule has 0 nitrogen and oxygen atoms in total. The molecule has 0 amide bonds. The summed E-state index contributed by atoms with van der Waals surface area (Å²) in [5, 5.41) is 0. The summed E-state index contributed by atoms with van der Waals surface area (Å²) in [7, 11) is 0. The molecule has 0 fully saturated rings. The van der Waals surface area contributed by atoms with Crippen molar-refractivity contribution in [2.45, 2.75) is 11.8 Å². The zero-order valence-corrected chi connectivity index (χ0v) is 17.6. The Morgan fingerprint density at radius 2 is 0.750 bits per heavy atom. The molecule has 149 valence electrons. The molecule has 7 rings (SSSR count). The van der Waals surface area contributed by atoms with Gasteiger partial charge in [0.15, 0.2) is 0 Å². The second-order valence-corrected chi connectivity index (χ2v) is 8.75. The molecule has 0 saturated carbocycles. The quantitative estimate of drug-likeness (QED) is 0.275. The average molecular weight is 406 g/mol. The molecule has 1 radical (unpaired) electrons. The van der Waals surface area contributed by atoms with Gasteiger partial charge in [-0.1, -0.05) is 115 Å². The van der Waals surface area contributed by atoms with Crippen LogP contribution >= 0.6 is 0 Å². The van der Waals surface area contributed by atoms with E-state index in [-0.39, 0.29) is 11.8 Å². The molecule has 0 heteroatoms. The van der Waals surface area contributed by atoms with Gasteiger partial charge in [-0.25, -0.2) is 0 Å². The van der Waals surface area contributed by atoms with Crippen molar-refractivity contribution in [2.24, 2.45) is 0 Å². The van der Waals surface area contributed by atoms with Crippen LogP contribution in [0.3, 0.4) is 0 Å². The van der Waals surface area contributed by atoms with E-state index in [0.29, 0.717) is 0 Å². The fourth-order valence-electron chi connectivity index (χ4n) is 5.92. The molecule has 0 aromatic heterocycles. The molecule has 0 heterocycles. The summed E-state index contributed by atoms with van der Waals surface area (Å²) in [6.45, 7) is 0. The molecule has 5 aromatic carbocycles. The highest BCUT2D eigenvalue weighted by atomic mass is 14.4. The number of hydrogen-bond acceptors (Lipinski definition) is 0. The van der Waals surface area contributed by atoms with Gasteiger partial charge >= 0.3 is 0 Å². The van der Waals surface area contributed by atoms with Crippen molar-refractivity contribution in [2.75, 3.05) is 0 Å². The highest BCUT2D eigenvalue weighted by molar-refractivity contribution is 5.83. The summed E-state index contributed by atoms with van der Waals surface area (Å²) < 4.78 is 0. The fraction of sp³-hybridized carbons (Fsp3) is 0.0625. The Hall–Kier alpha value is -3.90. The second-order valence-electron chi connectivity index (χ2n) is 8.75. The monoisotopic (exact) mass is 405 g/mol. The lowest BCUT2D eigenvalue weighted by Crippen LogP contribution is -2.08. The minimum atomic E-state index is 0.207. The van der Waals surface area contributed by atoms with Crippen LogP contribution in [0.25, 0.3) is 22.3 Å². The Kier molecular flexibility index (Phi) is 3.77. The zero-order valence-electron chi connectivity index (χ0n) is 17.6. The third kappa shape index (κ3) is 2.38. The van der Waals surface area contributed by atoms with E-state index in [4.69, 9.17) is 0 Å². The first-order valence-corrected chi connectivity index (χ1v) is 11.3. The van der Waals surface area contributed by atoms with Crippen molar-refractivity contribution >= 4 is 0 Å². The molecule has 0 spiro atoms. The van der Waals surface area contributed by atoms with Crippen LogP contribution < -0.4 is 0 Å². The molecular weight excluding hydrogens is 384 g/mol. The van der Waals surface area contributed by atoms with E-state index in [1.807, 2.05) is 0 Å². The van der Waals surface area contributed by atoms with Crippen LogP contribution in [-0.2, 0) is 0 Å². The Bertz CT molecular complexity index is 1280. The average Bonchev–Trinajstić information content (AvgIpc) is 3.37. The van der Waals surface area contributed by atoms with Crippen molar-refractivity contribution < 1.29 is 0 Å². The van der Waals surface area contributed by atoms with Crippen molar-refractivity contribution in [1.82, 2.24) is 0 Å². The van der Waals surface area contributed by atoms with E-state index in [1.165, 1.54) is 55.6 Å². The lowest BCUT2D eigenvalue weighted by molar-refractivity contribution is 0.924. The fourth-order valence-corrected chi connectivity index (χ4v) is 5.92. The maximum absolute atomic E-state index is 3.70. The van der Waals surface area contributed by atoms with Gasteiger partial charge in [-0.3, -0.25) is 0 Å². The normalized spacial score (nSPS) is 14.0. The van der Waals surface area contributed by atoms with Gasteiger partial charge in [-0.2, -0.15) is 0 Å². The number of hydrogen-bond donors (Lipinski definition) is 0. The molecule has 0 unspecified atom stereocenters. The van der Waals surface area contributed by atoms with E-state index in [1.54, 1.807) is 0 Å². The van der Waals surface area contributed by atoms with Crippen LogP contribution in [0.2, 0.25) is 0 Å². The Labute approximate surface area is 188 Å². The molecular formula is C32H21. The summed E-state index contributed by atoms with van der Waals surface area (Å²) in [6.07, 6.45) is 0.